The van der Waals surface area contributed by atoms with Gasteiger partial charge in [0.05, 0.1) is 29.4 Å². The van der Waals surface area contributed by atoms with Crippen LogP contribution in [0.2, 0.25) is 0 Å². The molecule has 1 aromatic carbocycles. The summed E-state index contributed by atoms with van der Waals surface area (Å²) in [4.78, 5) is 11.2. The summed E-state index contributed by atoms with van der Waals surface area (Å²) in [5.74, 6) is -0.217. The molecule has 2 aliphatic carbocycles. The predicted molar refractivity (Wildman–Crippen MR) is 103 cm³/mol. The number of allylic oxidation sites excluding steroid dienone is 2. The molecule has 0 saturated heterocycles. The summed E-state index contributed by atoms with van der Waals surface area (Å²) in [5.41, 5.74) is 0.933. The molecule has 1 heterocycles. The van der Waals surface area contributed by atoms with Crippen molar-refractivity contribution in [3.05, 3.63) is 52.7 Å². The monoisotopic (exact) mass is 416 g/mol. The van der Waals surface area contributed by atoms with E-state index in [4.69, 9.17) is 4.74 Å². The van der Waals surface area contributed by atoms with E-state index in [1.165, 1.54) is 12.8 Å². The number of aromatic nitrogens is 2. The van der Waals surface area contributed by atoms with E-state index in [-0.39, 0.29) is 17.1 Å². The van der Waals surface area contributed by atoms with Crippen LogP contribution in [-0.2, 0) is 11.3 Å². The van der Waals surface area contributed by atoms with Crippen LogP contribution in [0.15, 0.2) is 47.1 Å². The average Bonchev–Trinajstić information content (AvgIpc) is 3.40. The summed E-state index contributed by atoms with van der Waals surface area (Å²) in [6.45, 7) is 3.40. The van der Waals surface area contributed by atoms with Crippen LogP contribution in [0.4, 0.5) is 0 Å². The summed E-state index contributed by atoms with van der Waals surface area (Å²) in [5, 5.41) is 14.5. The summed E-state index contributed by atoms with van der Waals surface area (Å²) >= 11 is 3.60. The quantitative estimate of drug-likeness (QED) is 0.758. The topological polar surface area (TPSA) is 64.4 Å². The van der Waals surface area contributed by atoms with Gasteiger partial charge in [-0.1, -0.05) is 28.1 Å². The van der Waals surface area contributed by atoms with Crippen LogP contribution in [0.1, 0.15) is 30.1 Å². The molecule has 136 valence electrons. The van der Waals surface area contributed by atoms with Gasteiger partial charge in [0.1, 0.15) is 0 Å². The van der Waals surface area contributed by atoms with Crippen molar-refractivity contribution in [3.8, 4) is 0 Å². The van der Waals surface area contributed by atoms with E-state index < -0.39 is 5.97 Å². The molecular weight excluding hydrogens is 396 g/mol. The maximum atomic E-state index is 11.2. The first kappa shape index (κ1) is 17.5. The second-order valence-corrected chi connectivity index (χ2v) is 7.87. The van der Waals surface area contributed by atoms with Crippen molar-refractivity contribution in [3.63, 3.8) is 0 Å². The Kier molecular flexibility index (Phi) is 4.49. The van der Waals surface area contributed by atoms with Crippen LogP contribution in [0, 0.1) is 11.8 Å². The largest absolute Gasteiger partial charge is 0.478 e. The van der Waals surface area contributed by atoms with E-state index >= 15 is 0 Å². The van der Waals surface area contributed by atoms with E-state index in [1.54, 1.807) is 18.3 Å². The van der Waals surface area contributed by atoms with E-state index in [1.807, 2.05) is 17.7 Å². The van der Waals surface area contributed by atoms with Crippen LogP contribution >= 0.6 is 15.9 Å². The van der Waals surface area contributed by atoms with E-state index in [2.05, 4.69) is 39.3 Å². The molecule has 0 aliphatic heterocycles. The van der Waals surface area contributed by atoms with Gasteiger partial charge in [-0.2, -0.15) is 5.10 Å². The van der Waals surface area contributed by atoms with E-state index in [0.29, 0.717) is 19.1 Å². The number of halogens is 1. The number of rotatable bonds is 6. The molecule has 0 radical (unpaired) electrons. The van der Waals surface area contributed by atoms with Crippen molar-refractivity contribution in [2.75, 3.05) is 6.61 Å². The van der Waals surface area contributed by atoms with Gasteiger partial charge in [-0.05, 0) is 50.0 Å². The molecular formula is C20H21BrN2O3. The van der Waals surface area contributed by atoms with Crippen molar-refractivity contribution in [1.82, 2.24) is 9.78 Å². The molecule has 0 spiro atoms. The Morgan fingerprint density at radius 2 is 2.27 bits per heavy atom. The smallest absolute Gasteiger partial charge is 0.335 e. The van der Waals surface area contributed by atoms with Crippen molar-refractivity contribution >= 4 is 32.8 Å². The first-order valence-corrected chi connectivity index (χ1v) is 9.72. The number of carboxylic acids is 1. The number of nitrogens with zero attached hydrogens (tertiary/aromatic N) is 2. The van der Waals surface area contributed by atoms with Crippen molar-refractivity contribution < 1.29 is 14.6 Å². The zero-order chi connectivity index (χ0) is 18.3. The molecule has 4 rings (SSSR count). The fourth-order valence-electron chi connectivity index (χ4n) is 3.96. The highest BCUT2D eigenvalue weighted by Gasteiger charge is 2.50. The molecule has 0 amide bonds. The predicted octanol–water partition coefficient (Wildman–Crippen LogP) is 4.38. The third kappa shape index (κ3) is 3.01. The zero-order valence-corrected chi connectivity index (χ0v) is 16.1. The number of carbonyl (C=O) groups is 1. The number of ether oxygens (including phenoxy) is 1. The van der Waals surface area contributed by atoms with Gasteiger partial charge in [0.2, 0.25) is 0 Å². The highest BCUT2D eigenvalue weighted by atomic mass is 79.9. The molecule has 5 nitrogen and oxygen atoms in total. The first-order chi connectivity index (χ1) is 12.5. The molecule has 2 aromatic rings. The van der Waals surface area contributed by atoms with Gasteiger partial charge in [-0.25, -0.2) is 4.79 Å². The lowest BCUT2D eigenvalue weighted by atomic mass is 9.79. The number of carboxylic acid groups (broad SMARTS) is 1. The minimum Gasteiger partial charge on any atom is -0.478 e. The Balaban J connectivity index is 1.69. The lowest BCUT2D eigenvalue weighted by Gasteiger charge is -2.39. The van der Waals surface area contributed by atoms with Crippen molar-refractivity contribution in [2.24, 2.45) is 11.8 Å². The third-order valence-electron chi connectivity index (χ3n) is 5.31. The zero-order valence-electron chi connectivity index (χ0n) is 14.6. The number of fused-ring (bicyclic) bond motifs is 1. The molecule has 6 heteroatoms. The summed E-state index contributed by atoms with van der Waals surface area (Å²) < 4.78 is 9.31. The Morgan fingerprint density at radius 1 is 1.46 bits per heavy atom. The molecule has 1 N–H and O–H groups in total. The standard InChI is InChI=1S/C20H21BrN2O3/c1-2-26-20(15-4-5-15)8-7-17(21)10-16(20)12-23-18-6-3-13(19(24)25)9-14(18)11-22-23/h3,6-11,15-16H,2,4-5,12H2,1H3,(H,24,25). The highest BCUT2D eigenvalue weighted by molar-refractivity contribution is 9.11. The molecule has 1 saturated carbocycles. The minimum absolute atomic E-state index is 0.163. The maximum Gasteiger partial charge on any atom is 0.335 e. The Hall–Kier alpha value is -1.92. The van der Waals surface area contributed by atoms with Gasteiger partial charge >= 0.3 is 5.97 Å². The van der Waals surface area contributed by atoms with Gasteiger partial charge in [0, 0.05) is 22.4 Å². The maximum absolute atomic E-state index is 11.2. The van der Waals surface area contributed by atoms with Crippen LogP contribution in [0.25, 0.3) is 10.9 Å². The fourth-order valence-corrected chi connectivity index (χ4v) is 4.41. The van der Waals surface area contributed by atoms with Gasteiger partial charge in [0.15, 0.2) is 0 Å². The van der Waals surface area contributed by atoms with Crippen molar-refractivity contribution in [1.29, 1.82) is 0 Å². The lowest BCUT2D eigenvalue weighted by molar-refractivity contribution is -0.0537. The fraction of sp³-hybridized carbons (Fsp3) is 0.400. The van der Waals surface area contributed by atoms with E-state index in [0.717, 1.165) is 15.4 Å². The number of hydrogen-bond donors (Lipinski definition) is 1. The minimum atomic E-state index is -0.923. The summed E-state index contributed by atoms with van der Waals surface area (Å²) in [7, 11) is 0. The summed E-state index contributed by atoms with van der Waals surface area (Å²) in [6, 6.07) is 5.14. The third-order valence-corrected chi connectivity index (χ3v) is 5.84. The first-order valence-electron chi connectivity index (χ1n) is 8.93. The van der Waals surface area contributed by atoms with Crippen LogP contribution in [0.3, 0.4) is 0 Å². The van der Waals surface area contributed by atoms with Gasteiger partial charge < -0.3 is 9.84 Å². The molecule has 2 atom stereocenters. The highest BCUT2D eigenvalue weighted by Crippen LogP contribution is 2.50. The Morgan fingerprint density at radius 3 is 2.96 bits per heavy atom. The van der Waals surface area contributed by atoms with Gasteiger partial charge in [-0.15, -0.1) is 0 Å². The second-order valence-electron chi connectivity index (χ2n) is 6.96. The number of benzene rings is 1. The number of aromatic carboxylic acids is 1. The average molecular weight is 417 g/mol. The van der Waals surface area contributed by atoms with Crippen LogP contribution in [0.5, 0.6) is 0 Å². The SMILES string of the molecule is CCOC1(C2CC2)C=CC(Br)=CC1Cn1ncc2cc(C(=O)O)ccc21. The number of hydrogen-bond acceptors (Lipinski definition) is 3. The summed E-state index contributed by atoms with van der Waals surface area (Å²) in [6.07, 6.45) is 10.6. The molecule has 2 unspecified atom stereocenters. The van der Waals surface area contributed by atoms with Gasteiger partial charge in [0.25, 0.3) is 0 Å². The Labute approximate surface area is 160 Å². The molecule has 26 heavy (non-hydrogen) atoms. The molecule has 0 bridgehead atoms. The normalized spacial score (nSPS) is 25.5. The van der Waals surface area contributed by atoms with Crippen LogP contribution in [-0.4, -0.2) is 33.1 Å². The lowest BCUT2D eigenvalue weighted by Crippen LogP contribution is -2.44. The van der Waals surface area contributed by atoms with Crippen molar-refractivity contribution in [2.45, 2.75) is 31.9 Å². The van der Waals surface area contributed by atoms with Crippen LogP contribution < -0.4 is 0 Å². The van der Waals surface area contributed by atoms with Gasteiger partial charge in [-0.3, -0.25) is 4.68 Å². The molecule has 1 aromatic heterocycles. The molecule has 2 aliphatic rings. The second kappa shape index (κ2) is 6.67. The molecule has 1 fully saturated rings. The van der Waals surface area contributed by atoms with E-state index in [9.17, 15) is 9.90 Å². The Bertz CT molecular complexity index is 913.